The number of hydrogen-bond donors (Lipinski definition) is 1. The van der Waals surface area contributed by atoms with Gasteiger partial charge in [0.1, 0.15) is 6.33 Å². The van der Waals surface area contributed by atoms with Crippen LogP contribution in [0.1, 0.15) is 44.3 Å². The van der Waals surface area contributed by atoms with Crippen LogP contribution >= 0.6 is 0 Å². The summed E-state index contributed by atoms with van der Waals surface area (Å²) in [6.07, 6.45) is -1.58. The van der Waals surface area contributed by atoms with Gasteiger partial charge in [-0.1, -0.05) is 24.0 Å². The van der Waals surface area contributed by atoms with Gasteiger partial charge in [-0.05, 0) is 42.0 Å². The molecule has 0 aliphatic heterocycles. The number of nitrogens with zero attached hydrogens (tertiary/aromatic N) is 2. The van der Waals surface area contributed by atoms with Crippen molar-refractivity contribution in [3.63, 3.8) is 0 Å². The first-order valence-electron chi connectivity index (χ1n) is 8.72. The summed E-state index contributed by atoms with van der Waals surface area (Å²) >= 11 is 0. The Kier molecular flexibility index (Phi) is 6.14. The fourth-order valence-electron chi connectivity index (χ4n) is 2.67. The monoisotopic (exact) mass is 411 g/mol. The van der Waals surface area contributed by atoms with Crippen molar-refractivity contribution in [3.8, 4) is 11.8 Å². The Bertz CT molecular complexity index is 1100. The molecule has 3 rings (SSSR count). The van der Waals surface area contributed by atoms with Crippen molar-refractivity contribution in [2.75, 3.05) is 7.11 Å². The van der Waals surface area contributed by atoms with E-state index in [1.807, 2.05) is 0 Å². The summed E-state index contributed by atoms with van der Waals surface area (Å²) < 4.78 is 42.7. The van der Waals surface area contributed by atoms with Gasteiger partial charge < -0.3 is 10.5 Å². The molecule has 0 bridgehead atoms. The minimum absolute atomic E-state index is 0.387. The lowest BCUT2D eigenvalue weighted by molar-refractivity contribution is -0.137. The van der Waals surface area contributed by atoms with E-state index in [1.165, 1.54) is 31.8 Å². The van der Waals surface area contributed by atoms with E-state index in [9.17, 15) is 18.0 Å². The fraction of sp³-hybridized carbons (Fsp3) is 0.136. The molecule has 0 radical (unpaired) electrons. The number of carbonyl (C=O) groups is 1. The van der Waals surface area contributed by atoms with E-state index in [2.05, 4.69) is 26.5 Å². The number of methoxy groups -OCH3 is 1. The third-order valence-corrected chi connectivity index (χ3v) is 4.28. The third-order valence-electron chi connectivity index (χ3n) is 4.28. The number of esters is 1. The van der Waals surface area contributed by atoms with Crippen LogP contribution in [0.15, 0.2) is 61.1 Å². The van der Waals surface area contributed by atoms with Gasteiger partial charge in [0.25, 0.3) is 0 Å². The lowest BCUT2D eigenvalue weighted by atomic mass is 10.00. The van der Waals surface area contributed by atoms with Crippen LogP contribution < -0.4 is 5.73 Å². The van der Waals surface area contributed by atoms with E-state index in [0.717, 1.165) is 12.1 Å². The molecule has 1 atom stereocenters. The Hall–Kier alpha value is -3.70. The topological polar surface area (TPSA) is 78.1 Å². The Morgan fingerprint density at radius 2 is 1.73 bits per heavy atom. The van der Waals surface area contributed by atoms with Crippen molar-refractivity contribution in [2.45, 2.75) is 12.2 Å². The summed E-state index contributed by atoms with van der Waals surface area (Å²) in [5.74, 6) is 5.21. The number of benzene rings is 2. The van der Waals surface area contributed by atoms with E-state index in [0.29, 0.717) is 27.9 Å². The second-order valence-electron chi connectivity index (χ2n) is 6.24. The molecule has 0 saturated carbocycles. The highest BCUT2D eigenvalue weighted by Crippen LogP contribution is 2.29. The second-order valence-corrected chi connectivity index (χ2v) is 6.24. The molecular weight excluding hydrogens is 395 g/mol. The quantitative estimate of drug-likeness (QED) is 0.525. The molecule has 2 aromatic carbocycles. The summed E-state index contributed by atoms with van der Waals surface area (Å²) in [4.78, 5) is 19.7. The minimum atomic E-state index is -4.40. The average molecular weight is 411 g/mol. The predicted molar refractivity (Wildman–Crippen MR) is 103 cm³/mol. The van der Waals surface area contributed by atoms with Gasteiger partial charge in [-0.3, -0.25) is 0 Å². The van der Waals surface area contributed by atoms with Gasteiger partial charge in [0.2, 0.25) is 0 Å². The van der Waals surface area contributed by atoms with Gasteiger partial charge in [-0.25, -0.2) is 14.8 Å². The third kappa shape index (κ3) is 4.82. The molecule has 2 N–H and O–H groups in total. The molecule has 0 spiro atoms. The van der Waals surface area contributed by atoms with E-state index in [1.54, 1.807) is 24.3 Å². The first-order valence-corrected chi connectivity index (χ1v) is 8.72. The SMILES string of the molecule is COC(=O)c1ccc(C(N)c2ncncc2C#Cc2ccc(C(F)(F)F)cc2)cc1. The van der Waals surface area contributed by atoms with Gasteiger partial charge >= 0.3 is 12.1 Å². The van der Waals surface area contributed by atoms with Crippen molar-refractivity contribution in [3.05, 3.63) is 94.6 Å². The van der Waals surface area contributed by atoms with Crippen LogP contribution in [0.4, 0.5) is 13.2 Å². The molecule has 0 saturated heterocycles. The lowest BCUT2D eigenvalue weighted by Gasteiger charge is -2.13. The smallest absolute Gasteiger partial charge is 0.416 e. The molecule has 30 heavy (non-hydrogen) atoms. The normalized spacial score (nSPS) is 11.9. The number of rotatable bonds is 3. The van der Waals surface area contributed by atoms with Gasteiger partial charge in [-0.2, -0.15) is 13.2 Å². The number of aromatic nitrogens is 2. The molecule has 0 aliphatic carbocycles. The van der Waals surface area contributed by atoms with Gasteiger partial charge in [0, 0.05) is 11.8 Å². The number of alkyl halides is 3. The number of nitrogens with two attached hydrogens (primary N) is 1. The van der Waals surface area contributed by atoms with Gasteiger partial charge in [-0.15, -0.1) is 0 Å². The van der Waals surface area contributed by atoms with E-state index in [-0.39, 0.29) is 0 Å². The van der Waals surface area contributed by atoms with Crippen molar-refractivity contribution < 1.29 is 22.7 Å². The van der Waals surface area contributed by atoms with Crippen LogP contribution in [0.3, 0.4) is 0 Å². The number of ether oxygens (including phenoxy) is 1. The zero-order valence-corrected chi connectivity index (χ0v) is 15.8. The maximum absolute atomic E-state index is 12.7. The molecule has 0 amide bonds. The number of halogens is 3. The predicted octanol–water partition coefficient (Wildman–Crippen LogP) is 3.73. The minimum Gasteiger partial charge on any atom is -0.465 e. The Morgan fingerprint density at radius 1 is 1.07 bits per heavy atom. The molecule has 0 fully saturated rings. The van der Waals surface area contributed by atoms with Crippen molar-refractivity contribution in [1.82, 2.24) is 9.97 Å². The van der Waals surface area contributed by atoms with Crippen LogP contribution in [0.25, 0.3) is 0 Å². The Morgan fingerprint density at radius 3 is 2.33 bits per heavy atom. The van der Waals surface area contributed by atoms with E-state index in [4.69, 9.17) is 5.73 Å². The van der Waals surface area contributed by atoms with E-state index >= 15 is 0 Å². The summed E-state index contributed by atoms with van der Waals surface area (Å²) in [6.45, 7) is 0. The first-order chi connectivity index (χ1) is 14.3. The molecule has 1 aromatic heterocycles. The zero-order valence-electron chi connectivity index (χ0n) is 15.8. The van der Waals surface area contributed by atoms with Crippen LogP contribution in [-0.4, -0.2) is 23.0 Å². The molecule has 5 nitrogen and oxygen atoms in total. The zero-order chi connectivity index (χ0) is 21.7. The first kappa shape index (κ1) is 21.0. The molecular formula is C22H16F3N3O2. The summed E-state index contributed by atoms with van der Waals surface area (Å²) in [5.41, 5.74) is 7.96. The molecule has 3 aromatic rings. The van der Waals surface area contributed by atoms with Crippen molar-refractivity contribution in [2.24, 2.45) is 5.73 Å². The molecule has 0 aliphatic rings. The van der Waals surface area contributed by atoms with Crippen LogP contribution in [0.5, 0.6) is 0 Å². The summed E-state index contributed by atoms with van der Waals surface area (Å²) in [6, 6.07) is 10.5. The number of carbonyl (C=O) groups excluding carboxylic acids is 1. The lowest BCUT2D eigenvalue weighted by Crippen LogP contribution is -2.16. The maximum Gasteiger partial charge on any atom is 0.416 e. The van der Waals surface area contributed by atoms with Gasteiger partial charge in [0.15, 0.2) is 0 Å². The highest BCUT2D eigenvalue weighted by Gasteiger charge is 2.29. The Labute approximate surface area is 170 Å². The molecule has 1 unspecified atom stereocenters. The standard InChI is InChI=1S/C22H16F3N3O2/c1-30-21(29)16-8-6-15(7-9-16)19(26)20-17(12-27-13-28-20)5-2-14-3-10-18(11-4-14)22(23,24)25/h3-4,6-13,19H,26H2,1H3. The summed E-state index contributed by atoms with van der Waals surface area (Å²) in [7, 11) is 1.30. The molecule has 152 valence electrons. The fourth-order valence-corrected chi connectivity index (χ4v) is 2.67. The molecule has 1 heterocycles. The number of hydrogen-bond acceptors (Lipinski definition) is 5. The van der Waals surface area contributed by atoms with Crippen LogP contribution in [0, 0.1) is 11.8 Å². The maximum atomic E-state index is 12.7. The van der Waals surface area contributed by atoms with Gasteiger partial charge in [0.05, 0.1) is 35.5 Å². The van der Waals surface area contributed by atoms with Crippen LogP contribution in [0.2, 0.25) is 0 Å². The van der Waals surface area contributed by atoms with Crippen LogP contribution in [-0.2, 0) is 10.9 Å². The highest BCUT2D eigenvalue weighted by molar-refractivity contribution is 5.89. The van der Waals surface area contributed by atoms with Crippen molar-refractivity contribution in [1.29, 1.82) is 0 Å². The Balaban J connectivity index is 1.86. The molecule has 8 heteroatoms. The average Bonchev–Trinajstić information content (AvgIpc) is 2.76. The highest BCUT2D eigenvalue weighted by atomic mass is 19.4. The largest absolute Gasteiger partial charge is 0.465 e. The van der Waals surface area contributed by atoms with E-state index < -0.39 is 23.8 Å². The second kappa shape index (κ2) is 8.76. The van der Waals surface area contributed by atoms with Crippen molar-refractivity contribution >= 4 is 5.97 Å². The summed E-state index contributed by atoms with van der Waals surface area (Å²) in [5, 5.41) is 0.